The topological polar surface area (TPSA) is 47.7 Å². The van der Waals surface area contributed by atoms with Gasteiger partial charge in [0.2, 0.25) is 0 Å². The second kappa shape index (κ2) is 6.89. The van der Waals surface area contributed by atoms with Crippen LogP contribution >= 0.6 is 0 Å². The van der Waals surface area contributed by atoms with Crippen LogP contribution in [0.2, 0.25) is 0 Å². The molecule has 0 spiro atoms. The summed E-state index contributed by atoms with van der Waals surface area (Å²) in [7, 11) is 3.42. The summed E-state index contributed by atoms with van der Waals surface area (Å²) in [6.07, 6.45) is 2.57. The van der Waals surface area contributed by atoms with Gasteiger partial charge in [0.1, 0.15) is 5.75 Å². The molecule has 1 atom stereocenters. The summed E-state index contributed by atoms with van der Waals surface area (Å²) >= 11 is 0. The van der Waals surface area contributed by atoms with Crippen LogP contribution in [0.4, 0.5) is 0 Å². The Bertz CT molecular complexity index is 393. The molecule has 1 aliphatic rings. The molecule has 106 valence electrons. The summed E-state index contributed by atoms with van der Waals surface area (Å²) in [5.41, 5.74) is 7.45. The average Bonchev–Trinajstić information content (AvgIpc) is 3.27. The molecule has 1 aromatic carbocycles. The van der Waals surface area contributed by atoms with Gasteiger partial charge in [0, 0.05) is 32.3 Å². The van der Waals surface area contributed by atoms with E-state index in [-0.39, 0.29) is 6.04 Å². The predicted molar refractivity (Wildman–Crippen MR) is 76.4 cm³/mol. The highest BCUT2D eigenvalue weighted by molar-refractivity contribution is 5.30. The van der Waals surface area contributed by atoms with Gasteiger partial charge in [0.05, 0.1) is 13.7 Å². The fourth-order valence-corrected chi connectivity index (χ4v) is 2.30. The third-order valence-electron chi connectivity index (χ3n) is 3.60. The third-order valence-corrected chi connectivity index (χ3v) is 3.60. The highest BCUT2D eigenvalue weighted by Crippen LogP contribution is 2.28. The van der Waals surface area contributed by atoms with Crippen molar-refractivity contribution < 1.29 is 9.47 Å². The van der Waals surface area contributed by atoms with E-state index < -0.39 is 0 Å². The highest BCUT2D eigenvalue weighted by Gasteiger charge is 2.29. The molecule has 19 heavy (non-hydrogen) atoms. The van der Waals surface area contributed by atoms with Gasteiger partial charge in [-0.05, 0) is 30.5 Å². The van der Waals surface area contributed by atoms with Gasteiger partial charge in [-0.15, -0.1) is 0 Å². The maximum atomic E-state index is 6.32. The summed E-state index contributed by atoms with van der Waals surface area (Å²) in [4.78, 5) is 2.44. The quantitative estimate of drug-likeness (QED) is 0.778. The Morgan fingerprint density at radius 3 is 2.79 bits per heavy atom. The van der Waals surface area contributed by atoms with Gasteiger partial charge in [-0.3, -0.25) is 4.90 Å². The van der Waals surface area contributed by atoms with Crippen molar-refractivity contribution in [2.24, 2.45) is 5.73 Å². The van der Waals surface area contributed by atoms with Gasteiger partial charge in [-0.1, -0.05) is 12.1 Å². The Morgan fingerprint density at radius 2 is 2.16 bits per heavy atom. The second-order valence-corrected chi connectivity index (χ2v) is 5.10. The maximum Gasteiger partial charge on any atom is 0.119 e. The number of methoxy groups -OCH3 is 2. The number of nitrogens with zero attached hydrogens (tertiary/aromatic N) is 1. The number of hydrogen-bond donors (Lipinski definition) is 1. The second-order valence-electron chi connectivity index (χ2n) is 5.10. The number of nitrogens with two attached hydrogens (primary N) is 1. The Balaban J connectivity index is 1.95. The Morgan fingerprint density at radius 1 is 1.37 bits per heavy atom. The molecule has 1 saturated carbocycles. The van der Waals surface area contributed by atoms with E-state index in [2.05, 4.69) is 11.0 Å². The minimum Gasteiger partial charge on any atom is -0.497 e. The van der Waals surface area contributed by atoms with Crippen molar-refractivity contribution in [2.75, 3.05) is 33.9 Å². The molecule has 1 unspecified atom stereocenters. The molecule has 0 radical (unpaired) electrons. The van der Waals surface area contributed by atoms with Gasteiger partial charge in [0.15, 0.2) is 0 Å². The molecule has 4 heteroatoms. The smallest absolute Gasteiger partial charge is 0.119 e. The van der Waals surface area contributed by atoms with E-state index in [1.807, 2.05) is 18.2 Å². The number of hydrogen-bond acceptors (Lipinski definition) is 4. The molecule has 0 saturated heterocycles. The Labute approximate surface area is 115 Å². The molecule has 0 aliphatic heterocycles. The van der Waals surface area contributed by atoms with Crippen LogP contribution in [0.1, 0.15) is 24.4 Å². The standard InChI is InChI=1S/C15H24N2O2/c1-18-9-8-17(13-6-7-13)11-15(16)12-4-3-5-14(10-12)19-2/h3-5,10,13,15H,6-9,11,16H2,1-2H3. The van der Waals surface area contributed by atoms with Crippen LogP contribution in [0.15, 0.2) is 24.3 Å². The lowest BCUT2D eigenvalue weighted by Gasteiger charge is -2.25. The number of ether oxygens (including phenoxy) is 2. The average molecular weight is 264 g/mol. The summed E-state index contributed by atoms with van der Waals surface area (Å²) < 4.78 is 10.4. The minimum atomic E-state index is 0.0209. The monoisotopic (exact) mass is 264 g/mol. The molecule has 1 fully saturated rings. The van der Waals surface area contributed by atoms with E-state index in [9.17, 15) is 0 Å². The van der Waals surface area contributed by atoms with Crippen molar-refractivity contribution in [3.63, 3.8) is 0 Å². The lowest BCUT2D eigenvalue weighted by atomic mass is 10.1. The van der Waals surface area contributed by atoms with Crippen LogP contribution in [-0.4, -0.2) is 44.9 Å². The molecule has 4 nitrogen and oxygen atoms in total. The first-order chi connectivity index (χ1) is 9.24. The summed E-state index contributed by atoms with van der Waals surface area (Å²) in [6, 6.07) is 8.74. The molecular weight excluding hydrogens is 240 g/mol. The van der Waals surface area contributed by atoms with Gasteiger partial charge >= 0.3 is 0 Å². The largest absolute Gasteiger partial charge is 0.497 e. The van der Waals surface area contributed by atoms with Gasteiger partial charge in [-0.25, -0.2) is 0 Å². The van der Waals surface area contributed by atoms with Crippen molar-refractivity contribution in [3.8, 4) is 5.75 Å². The normalized spacial score (nSPS) is 16.6. The Hall–Kier alpha value is -1.10. The lowest BCUT2D eigenvalue weighted by molar-refractivity contribution is 0.139. The van der Waals surface area contributed by atoms with E-state index in [0.29, 0.717) is 6.04 Å². The van der Waals surface area contributed by atoms with E-state index in [0.717, 1.165) is 31.0 Å². The van der Waals surface area contributed by atoms with Crippen molar-refractivity contribution in [1.29, 1.82) is 0 Å². The first-order valence-electron chi connectivity index (χ1n) is 6.87. The van der Waals surface area contributed by atoms with E-state index in [1.165, 1.54) is 12.8 Å². The van der Waals surface area contributed by atoms with Gasteiger partial charge in [0.25, 0.3) is 0 Å². The molecule has 0 heterocycles. The van der Waals surface area contributed by atoms with E-state index >= 15 is 0 Å². The summed E-state index contributed by atoms with van der Waals surface area (Å²) in [5.74, 6) is 0.864. The first kappa shape index (κ1) is 14.3. The van der Waals surface area contributed by atoms with Gasteiger partial charge in [-0.2, -0.15) is 0 Å². The zero-order chi connectivity index (χ0) is 13.7. The summed E-state index contributed by atoms with van der Waals surface area (Å²) in [6.45, 7) is 2.60. The van der Waals surface area contributed by atoms with Crippen molar-refractivity contribution in [3.05, 3.63) is 29.8 Å². The molecule has 1 aromatic rings. The Kier molecular flexibility index (Phi) is 5.19. The third kappa shape index (κ3) is 4.20. The van der Waals surface area contributed by atoms with Crippen LogP contribution in [-0.2, 0) is 4.74 Å². The lowest BCUT2D eigenvalue weighted by Crippen LogP contribution is -2.36. The van der Waals surface area contributed by atoms with Crippen LogP contribution < -0.4 is 10.5 Å². The molecule has 2 rings (SSSR count). The number of rotatable bonds is 8. The van der Waals surface area contributed by atoms with E-state index in [4.69, 9.17) is 15.2 Å². The molecular formula is C15H24N2O2. The van der Waals surface area contributed by atoms with Gasteiger partial charge < -0.3 is 15.2 Å². The predicted octanol–water partition coefficient (Wildman–Crippen LogP) is 1.81. The fraction of sp³-hybridized carbons (Fsp3) is 0.600. The zero-order valence-corrected chi connectivity index (χ0v) is 11.8. The molecule has 0 amide bonds. The summed E-state index contributed by atoms with van der Waals surface area (Å²) in [5, 5.41) is 0. The molecule has 1 aliphatic carbocycles. The van der Waals surface area contributed by atoms with Crippen LogP contribution in [0.3, 0.4) is 0 Å². The SMILES string of the molecule is COCCN(CC(N)c1cccc(OC)c1)C1CC1. The molecule has 0 bridgehead atoms. The molecule has 2 N–H and O–H groups in total. The van der Waals surface area contributed by atoms with Crippen LogP contribution in [0.5, 0.6) is 5.75 Å². The van der Waals surface area contributed by atoms with Crippen LogP contribution in [0, 0.1) is 0 Å². The van der Waals surface area contributed by atoms with E-state index in [1.54, 1.807) is 14.2 Å². The zero-order valence-electron chi connectivity index (χ0n) is 11.8. The minimum absolute atomic E-state index is 0.0209. The van der Waals surface area contributed by atoms with Crippen molar-refractivity contribution in [1.82, 2.24) is 4.90 Å². The van der Waals surface area contributed by atoms with Crippen molar-refractivity contribution >= 4 is 0 Å². The number of benzene rings is 1. The van der Waals surface area contributed by atoms with Crippen molar-refractivity contribution in [2.45, 2.75) is 24.9 Å². The maximum absolute atomic E-state index is 6.32. The molecule has 0 aromatic heterocycles. The highest BCUT2D eigenvalue weighted by atomic mass is 16.5. The first-order valence-corrected chi connectivity index (χ1v) is 6.87. The fourth-order valence-electron chi connectivity index (χ4n) is 2.30. The van der Waals surface area contributed by atoms with Crippen LogP contribution in [0.25, 0.3) is 0 Å².